The van der Waals surface area contributed by atoms with E-state index in [2.05, 4.69) is 10.3 Å². The minimum atomic E-state index is -4.52. The Balaban J connectivity index is 1.64. The van der Waals surface area contributed by atoms with Gasteiger partial charge in [0, 0.05) is 33.9 Å². The molecule has 1 heterocycles. The second-order valence-electron chi connectivity index (χ2n) is 7.97. The van der Waals surface area contributed by atoms with Crippen molar-refractivity contribution in [3.63, 3.8) is 0 Å². The quantitative estimate of drug-likeness (QED) is 0.213. The Bertz CT molecular complexity index is 1470. The molecule has 0 bridgehead atoms. The highest BCUT2D eigenvalue weighted by atomic mass is 35.5. The summed E-state index contributed by atoms with van der Waals surface area (Å²) in [6.07, 6.45) is -1.95. The number of carbonyl (C=O) groups is 2. The van der Waals surface area contributed by atoms with Crippen LogP contribution in [-0.4, -0.2) is 21.2 Å². The zero-order valence-electron chi connectivity index (χ0n) is 18.7. The summed E-state index contributed by atoms with van der Waals surface area (Å²) < 4.78 is 41.3. The molecule has 1 aromatic heterocycles. The number of alkyl halides is 4. The third kappa shape index (κ3) is 5.45. The number of carbonyl (C=O) groups excluding carboxylic acids is 2. The molecule has 5 nitrogen and oxygen atoms in total. The number of aryl methyl sites for hydroxylation is 1. The van der Waals surface area contributed by atoms with Crippen molar-refractivity contribution in [1.82, 2.24) is 9.55 Å². The fourth-order valence-corrected chi connectivity index (χ4v) is 3.94. The highest BCUT2D eigenvalue weighted by Crippen LogP contribution is 2.33. The van der Waals surface area contributed by atoms with E-state index in [-0.39, 0.29) is 39.1 Å². The Morgan fingerprint density at radius 1 is 1.06 bits per heavy atom. The highest BCUT2D eigenvalue weighted by Gasteiger charge is 2.32. The first-order chi connectivity index (χ1) is 17.1. The number of rotatable bonds is 6. The number of nitrogens with zero attached hydrogens (tertiary/aromatic N) is 2. The summed E-state index contributed by atoms with van der Waals surface area (Å²) in [5.41, 5.74) is 0.851. The molecule has 0 aliphatic heterocycles. The number of hydrogen-bond donors (Lipinski definition) is 1. The predicted molar refractivity (Wildman–Crippen MR) is 132 cm³/mol. The summed E-state index contributed by atoms with van der Waals surface area (Å²) in [5, 5.41) is 2.96. The fourth-order valence-electron chi connectivity index (χ4n) is 3.60. The van der Waals surface area contributed by atoms with E-state index in [4.69, 9.17) is 23.2 Å². The van der Waals surface area contributed by atoms with Crippen LogP contribution in [0.1, 0.15) is 43.1 Å². The third-order valence-electron chi connectivity index (χ3n) is 5.46. The first-order valence-corrected chi connectivity index (χ1v) is 11.5. The molecule has 1 N–H and O–H groups in total. The van der Waals surface area contributed by atoms with E-state index in [0.29, 0.717) is 5.56 Å². The molecule has 0 atom stereocenters. The van der Waals surface area contributed by atoms with Crippen LogP contribution in [0.15, 0.2) is 73.2 Å². The normalized spacial score (nSPS) is 11.4. The number of halogens is 5. The van der Waals surface area contributed by atoms with Crippen LogP contribution in [0.2, 0.25) is 5.02 Å². The molecule has 10 heteroatoms. The molecule has 0 saturated heterocycles. The number of aromatic nitrogens is 2. The van der Waals surface area contributed by atoms with Crippen LogP contribution in [0, 0.1) is 6.92 Å². The number of imidazole rings is 1. The van der Waals surface area contributed by atoms with E-state index in [1.807, 2.05) is 0 Å². The molecule has 4 rings (SSSR count). The maximum absolute atomic E-state index is 13.3. The van der Waals surface area contributed by atoms with E-state index in [0.717, 1.165) is 11.6 Å². The number of nitrogens with one attached hydrogen (secondary N) is 1. The van der Waals surface area contributed by atoms with Crippen LogP contribution in [0.5, 0.6) is 0 Å². The van der Waals surface area contributed by atoms with Crippen molar-refractivity contribution in [3.8, 4) is 5.69 Å². The lowest BCUT2D eigenvalue weighted by Crippen LogP contribution is -2.15. The minimum absolute atomic E-state index is 0.0361. The van der Waals surface area contributed by atoms with Crippen LogP contribution in [0.3, 0.4) is 0 Å². The van der Waals surface area contributed by atoms with E-state index >= 15 is 0 Å². The second-order valence-corrected chi connectivity index (χ2v) is 8.67. The van der Waals surface area contributed by atoms with Crippen LogP contribution < -0.4 is 5.32 Å². The van der Waals surface area contributed by atoms with Crippen LogP contribution in [0.25, 0.3) is 5.69 Å². The summed E-state index contributed by atoms with van der Waals surface area (Å²) in [7, 11) is 0. The van der Waals surface area contributed by atoms with Crippen molar-refractivity contribution >= 4 is 40.6 Å². The summed E-state index contributed by atoms with van der Waals surface area (Å²) >= 11 is 12.0. The molecule has 0 aliphatic rings. The largest absolute Gasteiger partial charge is 0.416 e. The van der Waals surface area contributed by atoms with E-state index in [9.17, 15) is 22.8 Å². The monoisotopic (exact) mass is 531 g/mol. The first kappa shape index (κ1) is 25.5. The smallest absolute Gasteiger partial charge is 0.321 e. The maximum atomic E-state index is 13.3. The van der Waals surface area contributed by atoms with Gasteiger partial charge in [-0.25, -0.2) is 4.98 Å². The third-order valence-corrected chi connectivity index (χ3v) is 6.00. The Morgan fingerprint density at radius 3 is 2.56 bits per heavy atom. The minimum Gasteiger partial charge on any atom is -0.321 e. The number of hydrogen-bond acceptors (Lipinski definition) is 3. The molecule has 0 aliphatic carbocycles. The highest BCUT2D eigenvalue weighted by molar-refractivity contribution is 6.31. The van der Waals surface area contributed by atoms with Gasteiger partial charge in [-0.2, -0.15) is 13.2 Å². The number of anilines is 1. The molecule has 184 valence electrons. The molecule has 0 fully saturated rings. The van der Waals surface area contributed by atoms with Gasteiger partial charge in [-0.15, -0.1) is 11.6 Å². The first-order valence-electron chi connectivity index (χ1n) is 10.6. The Kier molecular flexibility index (Phi) is 7.19. The molecule has 36 heavy (non-hydrogen) atoms. The van der Waals surface area contributed by atoms with Gasteiger partial charge in [-0.05, 0) is 60.5 Å². The number of amides is 1. The second kappa shape index (κ2) is 10.2. The molecular formula is C26H18Cl2F3N3O2. The average Bonchev–Trinajstić information content (AvgIpc) is 3.34. The molecule has 0 spiro atoms. The van der Waals surface area contributed by atoms with Gasteiger partial charge in [0.05, 0.1) is 11.3 Å². The lowest BCUT2D eigenvalue weighted by atomic mass is 10.1. The van der Waals surface area contributed by atoms with E-state index in [1.54, 1.807) is 24.3 Å². The van der Waals surface area contributed by atoms with Crippen molar-refractivity contribution in [3.05, 3.63) is 112 Å². The lowest BCUT2D eigenvalue weighted by Gasteiger charge is -2.12. The summed E-state index contributed by atoms with van der Waals surface area (Å²) in [5.74, 6) is -0.785. The Labute approximate surface area is 214 Å². The average molecular weight is 532 g/mol. The zero-order chi connectivity index (χ0) is 26.0. The van der Waals surface area contributed by atoms with Crippen molar-refractivity contribution in [2.45, 2.75) is 19.0 Å². The van der Waals surface area contributed by atoms with Gasteiger partial charge in [0.2, 0.25) is 5.78 Å². The Hall–Kier alpha value is -3.62. The van der Waals surface area contributed by atoms with Gasteiger partial charge in [-0.1, -0.05) is 29.8 Å². The van der Waals surface area contributed by atoms with Gasteiger partial charge in [0.25, 0.3) is 5.91 Å². The number of benzene rings is 3. The zero-order valence-corrected chi connectivity index (χ0v) is 20.2. The molecule has 0 saturated carbocycles. The van der Waals surface area contributed by atoms with Gasteiger partial charge >= 0.3 is 6.18 Å². The molecule has 1 amide bonds. The van der Waals surface area contributed by atoms with E-state index < -0.39 is 23.4 Å². The van der Waals surface area contributed by atoms with Crippen LogP contribution in [-0.2, 0) is 12.1 Å². The lowest BCUT2D eigenvalue weighted by molar-refractivity contribution is -0.138. The van der Waals surface area contributed by atoms with Crippen LogP contribution >= 0.6 is 23.2 Å². The topological polar surface area (TPSA) is 64.0 Å². The van der Waals surface area contributed by atoms with E-state index in [1.165, 1.54) is 54.3 Å². The molecule has 0 unspecified atom stereocenters. The molecule has 0 radical (unpaired) electrons. The van der Waals surface area contributed by atoms with Gasteiger partial charge < -0.3 is 9.88 Å². The SMILES string of the molecule is Cc1ccc(-n2cnc(C(=O)c3cc(Cl)ccc3NC(=O)c3cccc(CCl)c3)c2)cc1C(F)(F)F. The molecule has 3 aromatic carbocycles. The standard InChI is InChI=1S/C26H18Cl2F3N3O2/c1-15-5-7-19(11-21(15)26(29,30)31)34-13-23(32-14-34)24(35)20-10-18(28)6-8-22(20)33-25(36)17-4-2-3-16(9-17)12-27/h2-11,13-14H,12H2,1H3,(H,33,36). The van der Waals surface area contributed by atoms with Gasteiger partial charge in [0.1, 0.15) is 12.0 Å². The molecule has 4 aromatic rings. The Morgan fingerprint density at radius 2 is 1.83 bits per heavy atom. The van der Waals surface area contributed by atoms with Crippen molar-refractivity contribution in [1.29, 1.82) is 0 Å². The summed E-state index contributed by atoms with van der Waals surface area (Å²) in [6.45, 7) is 1.37. The van der Waals surface area contributed by atoms with Gasteiger partial charge in [0.15, 0.2) is 0 Å². The summed E-state index contributed by atoms with van der Waals surface area (Å²) in [4.78, 5) is 30.2. The molecular weight excluding hydrogens is 514 g/mol. The van der Waals surface area contributed by atoms with Crippen LogP contribution in [0.4, 0.5) is 18.9 Å². The summed E-state index contributed by atoms with van der Waals surface area (Å²) in [6, 6.07) is 15.0. The fraction of sp³-hybridized carbons (Fsp3) is 0.115. The predicted octanol–water partition coefficient (Wildman–Crippen LogP) is 7.08. The van der Waals surface area contributed by atoms with Crippen molar-refractivity contribution < 1.29 is 22.8 Å². The van der Waals surface area contributed by atoms with Crippen molar-refractivity contribution in [2.75, 3.05) is 5.32 Å². The van der Waals surface area contributed by atoms with Crippen molar-refractivity contribution in [2.24, 2.45) is 0 Å². The number of ketones is 1. The van der Waals surface area contributed by atoms with Gasteiger partial charge in [-0.3, -0.25) is 9.59 Å². The maximum Gasteiger partial charge on any atom is 0.416 e.